The molecule has 4 atom stereocenters. The van der Waals surface area contributed by atoms with Crippen LogP contribution >= 0.6 is 0 Å². The number of hydrogen-bond donors (Lipinski definition) is 0. The number of fused-ring (bicyclic) bond motifs is 5. The third-order valence-corrected chi connectivity index (χ3v) is 4.11. The Bertz CT molecular complexity index is 119. The highest BCUT2D eigenvalue weighted by Gasteiger charge is 2.51. The Hall–Kier alpha value is 0. The molecule has 3 saturated carbocycles. The Morgan fingerprint density at radius 2 is 1.22 bits per heavy atom. The zero-order valence-corrected chi connectivity index (χ0v) is 5.84. The van der Waals surface area contributed by atoms with Gasteiger partial charge in [-0.25, -0.2) is 0 Å². The average Bonchev–Trinajstić information content (AvgIpc) is 2.18. The van der Waals surface area contributed by atoms with Crippen LogP contribution in [0.15, 0.2) is 0 Å². The van der Waals surface area contributed by atoms with Crippen molar-refractivity contribution >= 4 is 0 Å². The lowest BCUT2D eigenvalue weighted by Gasteiger charge is -2.40. The van der Waals surface area contributed by atoms with Crippen molar-refractivity contribution in [2.75, 3.05) is 0 Å². The van der Waals surface area contributed by atoms with Crippen molar-refractivity contribution in [1.82, 2.24) is 0 Å². The van der Waals surface area contributed by atoms with E-state index in [1.807, 2.05) is 0 Å². The second-order valence-corrected chi connectivity index (χ2v) is 4.24. The monoisotopic (exact) mass is 122 g/mol. The smallest absolute Gasteiger partial charge is 0.0355 e. The summed E-state index contributed by atoms with van der Waals surface area (Å²) >= 11 is 0. The number of rotatable bonds is 0. The molecule has 3 unspecified atom stereocenters. The Labute approximate surface area is 56.6 Å². The summed E-state index contributed by atoms with van der Waals surface area (Å²) in [6.45, 7) is 0. The maximum atomic E-state index is 1.62. The fraction of sp³-hybridized carbons (Fsp3) is 1.00. The number of hydrogen-bond acceptors (Lipinski definition) is 0. The van der Waals surface area contributed by atoms with E-state index < -0.39 is 0 Å². The van der Waals surface area contributed by atoms with Gasteiger partial charge in [0.2, 0.25) is 0 Å². The fourth-order valence-corrected chi connectivity index (χ4v) is 3.55. The Kier molecular flexibility index (Phi) is 0.717. The van der Waals surface area contributed by atoms with Crippen molar-refractivity contribution in [3.63, 3.8) is 0 Å². The molecule has 50 valence electrons. The fourth-order valence-electron chi connectivity index (χ4n) is 3.55. The molecule has 0 heterocycles. The first-order chi connectivity index (χ1) is 4.45. The Morgan fingerprint density at radius 3 is 1.56 bits per heavy atom. The highest BCUT2D eigenvalue weighted by Crippen LogP contribution is 2.60. The Balaban J connectivity index is 1.94. The zero-order valence-electron chi connectivity index (χ0n) is 5.84. The molecule has 0 saturated heterocycles. The SMILES string of the molecule is C1C[C@@H]2CC1C1CCC12. The van der Waals surface area contributed by atoms with Crippen LogP contribution in [0.5, 0.6) is 0 Å². The van der Waals surface area contributed by atoms with Crippen molar-refractivity contribution in [2.45, 2.75) is 32.1 Å². The van der Waals surface area contributed by atoms with E-state index in [-0.39, 0.29) is 0 Å². The van der Waals surface area contributed by atoms with Crippen LogP contribution in [0.2, 0.25) is 0 Å². The van der Waals surface area contributed by atoms with Gasteiger partial charge in [-0.3, -0.25) is 0 Å². The zero-order chi connectivity index (χ0) is 5.84. The second kappa shape index (κ2) is 1.36. The van der Waals surface area contributed by atoms with Crippen molar-refractivity contribution < 1.29 is 0 Å². The van der Waals surface area contributed by atoms with Gasteiger partial charge in [-0.05, 0) is 55.8 Å². The first-order valence-corrected chi connectivity index (χ1v) is 4.45. The van der Waals surface area contributed by atoms with Gasteiger partial charge in [-0.1, -0.05) is 0 Å². The maximum absolute atomic E-state index is 1.62. The topological polar surface area (TPSA) is 0 Å². The molecular weight excluding hydrogens is 108 g/mol. The quantitative estimate of drug-likeness (QED) is 0.463. The summed E-state index contributed by atoms with van der Waals surface area (Å²) in [4.78, 5) is 0. The van der Waals surface area contributed by atoms with E-state index in [1.165, 1.54) is 23.7 Å². The minimum absolute atomic E-state index is 1.20. The van der Waals surface area contributed by atoms with Crippen molar-refractivity contribution in [2.24, 2.45) is 23.7 Å². The molecule has 3 aliphatic carbocycles. The van der Waals surface area contributed by atoms with E-state index in [4.69, 9.17) is 0 Å². The van der Waals surface area contributed by atoms with Gasteiger partial charge in [0.1, 0.15) is 0 Å². The normalized spacial score (nSPS) is 61.3. The van der Waals surface area contributed by atoms with E-state index in [0.29, 0.717) is 0 Å². The molecule has 0 spiro atoms. The summed E-state index contributed by atoms with van der Waals surface area (Å²) in [5, 5.41) is 0. The van der Waals surface area contributed by atoms with Crippen molar-refractivity contribution in [3.8, 4) is 0 Å². The first-order valence-electron chi connectivity index (χ1n) is 4.45. The third kappa shape index (κ3) is 0.426. The molecule has 3 aliphatic rings. The predicted molar refractivity (Wildman–Crippen MR) is 37.0 cm³/mol. The first kappa shape index (κ1) is 4.76. The van der Waals surface area contributed by atoms with Crippen LogP contribution in [-0.2, 0) is 0 Å². The van der Waals surface area contributed by atoms with E-state index in [1.54, 1.807) is 32.1 Å². The largest absolute Gasteiger partial charge is 0.0499 e. The molecular formula is C9H14. The minimum Gasteiger partial charge on any atom is -0.0499 e. The summed E-state index contributed by atoms with van der Waals surface area (Å²) in [7, 11) is 0. The molecule has 0 radical (unpaired) electrons. The summed E-state index contributed by atoms with van der Waals surface area (Å²) in [5.41, 5.74) is 0. The molecule has 3 fully saturated rings. The van der Waals surface area contributed by atoms with Gasteiger partial charge in [0, 0.05) is 0 Å². The van der Waals surface area contributed by atoms with Gasteiger partial charge in [0.05, 0.1) is 0 Å². The van der Waals surface area contributed by atoms with Gasteiger partial charge in [0.15, 0.2) is 0 Å². The molecule has 0 heteroatoms. The van der Waals surface area contributed by atoms with E-state index >= 15 is 0 Å². The van der Waals surface area contributed by atoms with Crippen LogP contribution in [0.4, 0.5) is 0 Å². The lowest BCUT2D eigenvalue weighted by Crippen LogP contribution is -2.31. The van der Waals surface area contributed by atoms with Gasteiger partial charge >= 0.3 is 0 Å². The molecule has 2 bridgehead atoms. The summed E-state index contributed by atoms with van der Waals surface area (Å²) in [6, 6.07) is 0. The molecule has 3 rings (SSSR count). The molecule has 0 amide bonds. The molecule has 0 N–H and O–H groups in total. The van der Waals surface area contributed by atoms with Crippen LogP contribution in [0.3, 0.4) is 0 Å². The van der Waals surface area contributed by atoms with E-state index in [2.05, 4.69) is 0 Å². The van der Waals surface area contributed by atoms with Gasteiger partial charge < -0.3 is 0 Å². The minimum atomic E-state index is 1.20. The molecule has 0 aromatic carbocycles. The highest BCUT2D eigenvalue weighted by atomic mass is 14.6. The summed E-state index contributed by atoms with van der Waals surface area (Å²) in [5.74, 6) is 4.86. The average molecular weight is 122 g/mol. The molecule has 9 heavy (non-hydrogen) atoms. The van der Waals surface area contributed by atoms with Crippen LogP contribution in [0, 0.1) is 23.7 Å². The van der Waals surface area contributed by atoms with Gasteiger partial charge in [-0.15, -0.1) is 0 Å². The lowest BCUT2D eigenvalue weighted by atomic mass is 9.66. The van der Waals surface area contributed by atoms with Crippen LogP contribution in [-0.4, -0.2) is 0 Å². The Morgan fingerprint density at radius 1 is 0.667 bits per heavy atom. The summed E-state index contributed by atoms with van der Waals surface area (Å²) in [6.07, 6.45) is 7.98. The second-order valence-electron chi connectivity index (χ2n) is 4.24. The lowest BCUT2D eigenvalue weighted by molar-refractivity contribution is 0.103. The highest BCUT2D eigenvalue weighted by molar-refractivity contribution is 5.01. The predicted octanol–water partition coefficient (Wildman–Crippen LogP) is 2.44. The van der Waals surface area contributed by atoms with Crippen LogP contribution in [0.25, 0.3) is 0 Å². The molecule has 0 aliphatic heterocycles. The van der Waals surface area contributed by atoms with Gasteiger partial charge in [-0.2, -0.15) is 0 Å². The van der Waals surface area contributed by atoms with Gasteiger partial charge in [0.25, 0.3) is 0 Å². The maximum Gasteiger partial charge on any atom is -0.0355 e. The molecule has 0 aromatic rings. The summed E-state index contributed by atoms with van der Waals surface area (Å²) < 4.78 is 0. The third-order valence-electron chi connectivity index (χ3n) is 4.11. The molecule has 0 aromatic heterocycles. The van der Waals surface area contributed by atoms with E-state index in [9.17, 15) is 0 Å². The molecule has 0 nitrogen and oxygen atoms in total. The van der Waals surface area contributed by atoms with Crippen molar-refractivity contribution in [1.29, 1.82) is 0 Å². The van der Waals surface area contributed by atoms with Crippen LogP contribution in [0.1, 0.15) is 32.1 Å². The van der Waals surface area contributed by atoms with Crippen LogP contribution < -0.4 is 0 Å². The standard InChI is InChI=1S/C9H14/c1-2-7-5-6(1)8-3-4-9(7)8/h6-9H,1-5H2/t6-,7?,8?,9?/m1/s1. The van der Waals surface area contributed by atoms with E-state index in [0.717, 1.165) is 0 Å². The van der Waals surface area contributed by atoms with Crippen molar-refractivity contribution in [3.05, 3.63) is 0 Å².